The van der Waals surface area contributed by atoms with Crippen molar-refractivity contribution in [1.82, 2.24) is 9.97 Å². The lowest BCUT2D eigenvalue weighted by atomic mass is 10.4. The van der Waals surface area contributed by atoms with Crippen molar-refractivity contribution >= 4 is 11.6 Å². The summed E-state index contributed by atoms with van der Waals surface area (Å²) in [4.78, 5) is 6.57. The van der Waals surface area contributed by atoms with Crippen LogP contribution in [0, 0.1) is 0 Å². The Kier molecular flexibility index (Phi) is 3.53. The molecule has 0 fully saturated rings. The maximum absolute atomic E-state index is 12.4. The van der Waals surface area contributed by atoms with Crippen LogP contribution in [0.15, 0.2) is 6.07 Å². The number of anilines is 2. The van der Waals surface area contributed by atoms with Crippen molar-refractivity contribution in [3.63, 3.8) is 0 Å². The first-order valence-corrected chi connectivity index (χ1v) is 4.52. The van der Waals surface area contributed by atoms with E-state index in [0.717, 1.165) is 0 Å². The van der Waals surface area contributed by atoms with Crippen LogP contribution in [0.2, 0.25) is 0 Å². The number of halogens is 3. The van der Waals surface area contributed by atoms with E-state index in [1.54, 1.807) is 13.8 Å². The molecule has 0 aliphatic carbocycles. The van der Waals surface area contributed by atoms with Crippen LogP contribution in [0.1, 0.15) is 19.7 Å². The molecule has 0 spiro atoms. The van der Waals surface area contributed by atoms with Crippen molar-refractivity contribution in [3.05, 3.63) is 11.9 Å². The Morgan fingerprint density at radius 3 is 2.25 bits per heavy atom. The van der Waals surface area contributed by atoms with Crippen molar-refractivity contribution in [2.45, 2.75) is 26.1 Å². The summed E-state index contributed by atoms with van der Waals surface area (Å²) in [5.74, 6) is 3.78. The normalized spacial score (nSPS) is 11.7. The quantitative estimate of drug-likeness (QED) is 0.548. The molecule has 0 saturated heterocycles. The highest BCUT2D eigenvalue weighted by atomic mass is 19.4. The molecule has 1 heterocycles. The number of nitrogens with two attached hydrogens (primary N) is 1. The zero-order chi connectivity index (χ0) is 12.3. The van der Waals surface area contributed by atoms with E-state index in [4.69, 9.17) is 5.84 Å². The second kappa shape index (κ2) is 4.52. The van der Waals surface area contributed by atoms with Gasteiger partial charge in [0.2, 0.25) is 5.82 Å². The third-order valence-electron chi connectivity index (χ3n) is 1.56. The number of nitrogen functional groups attached to an aromatic ring is 1. The SMILES string of the molecule is CC(C)Nc1cc(NN)nc(C(F)(F)F)n1. The molecule has 0 amide bonds. The third kappa shape index (κ3) is 3.23. The fraction of sp³-hybridized carbons (Fsp3) is 0.500. The van der Waals surface area contributed by atoms with Gasteiger partial charge in [0.15, 0.2) is 0 Å². The highest BCUT2D eigenvalue weighted by Crippen LogP contribution is 2.28. The van der Waals surface area contributed by atoms with Crippen LogP contribution in [0.5, 0.6) is 0 Å². The largest absolute Gasteiger partial charge is 0.451 e. The van der Waals surface area contributed by atoms with Crippen LogP contribution < -0.4 is 16.6 Å². The average Bonchev–Trinajstić information content (AvgIpc) is 2.14. The van der Waals surface area contributed by atoms with Crippen molar-refractivity contribution in [3.8, 4) is 0 Å². The molecule has 1 aromatic heterocycles. The number of hydrogen-bond donors (Lipinski definition) is 3. The first-order chi connectivity index (χ1) is 7.32. The molecule has 90 valence electrons. The van der Waals surface area contributed by atoms with E-state index in [-0.39, 0.29) is 17.7 Å². The molecule has 8 heteroatoms. The zero-order valence-electron chi connectivity index (χ0n) is 8.76. The first kappa shape index (κ1) is 12.5. The van der Waals surface area contributed by atoms with Gasteiger partial charge < -0.3 is 10.7 Å². The van der Waals surface area contributed by atoms with E-state index in [1.165, 1.54) is 6.07 Å². The fourth-order valence-corrected chi connectivity index (χ4v) is 1.02. The minimum Gasteiger partial charge on any atom is -0.368 e. The van der Waals surface area contributed by atoms with Gasteiger partial charge in [-0.05, 0) is 13.8 Å². The number of hydrogen-bond acceptors (Lipinski definition) is 5. The summed E-state index contributed by atoms with van der Waals surface area (Å²) in [6.07, 6.45) is -4.60. The third-order valence-corrected chi connectivity index (χ3v) is 1.56. The van der Waals surface area contributed by atoms with Crippen LogP contribution >= 0.6 is 0 Å². The predicted octanol–water partition coefficient (Wildman–Crippen LogP) is 1.60. The van der Waals surface area contributed by atoms with Gasteiger partial charge in [-0.1, -0.05) is 0 Å². The molecule has 0 saturated carbocycles. The Labute approximate surface area is 90.2 Å². The average molecular weight is 235 g/mol. The van der Waals surface area contributed by atoms with Gasteiger partial charge in [-0.2, -0.15) is 13.2 Å². The number of hydrazine groups is 1. The lowest BCUT2D eigenvalue weighted by Gasteiger charge is -2.13. The van der Waals surface area contributed by atoms with Crippen LogP contribution in [0.4, 0.5) is 24.8 Å². The van der Waals surface area contributed by atoms with Gasteiger partial charge in [0.1, 0.15) is 11.6 Å². The van der Waals surface area contributed by atoms with E-state index >= 15 is 0 Å². The molecule has 0 atom stereocenters. The van der Waals surface area contributed by atoms with Crippen molar-refractivity contribution in [2.75, 3.05) is 10.7 Å². The summed E-state index contributed by atoms with van der Waals surface area (Å²) in [7, 11) is 0. The van der Waals surface area contributed by atoms with E-state index in [9.17, 15) is 13.2 Å². The van der Waals surface area contributed by atoms with Gasteiger partial charge in [-0.3, -0.25) is 0 Å². The lowest BCUT2D eigenvalue weighted by Crippen LogP contribution is -2.19. The highest BCUT2D eigenvalue weighted by Gasteiger charge is 2.35. The molecule has 0 aliphatic rings. The molecule has 0 unspecified atom stereocenters. The first-order valence-electron chi connectivity index (χ1n) is 4.52. The van der Waals surface area contributed by atoms with Crippen LogP contribution in [0.25, 0.3) is 0 Å². The molecular formula is C8H12F3N5. The predicted molar refractivity (Wildman–Crippen MR) is 53.6 cm³/mol. The highest BCUT2D eigenvalue weighted by molar-refractivity contribution is 5.47. The van der Waals surface area contributed by atoms with Crippen molar-refractivity contribution < 1.29 is 13.2 Å². The summed E-state index contributed by atoms with van der Waals surface area (Å²) >= 11 is 0. The van der Waals surface area contributed by atoms with Crippen LogP contribution in [-0.2, 0) is 6.18 Å². The van der Waals surface area contributed by atoms with Gasteiger partial charge in [0.05, 0.1) is 0 Å². The maximum atomic E-state index is 12.4. The minimum atomic E-state index is -4.60. The summed E-state index contributed by atoms with van der Waals surface area (Å²) < 4.78 is 37.2. The standard InChI is InChI=1S/C8H12F3N5/c1-4(2)13-5-3-6(16-12)15-7(14-5)8(9,10)11/h3-4H,12H2,1-2H3,(H2,13,14,15,16). The number of alkyl halides is 3. The second-order valence-corrected chi connectivity index (χ2v) is 3.40. The van der Waals surface area contributed by atoms with E-state index in [2.05, 4.69) is 20.7 Å². The van der Waals surface area contributed by atoms with Gasteiger partial charge in [-0.25, -0.2) is 15.8 Å². The molecule has 5 nitrogen and oxygen atoms in total. The van der Waals surface area contributed by atoms with E-state index in [0.29, 0.717) is 0 Å². The molecule has 1 aromatic rings. The lowest BCUT2D eigenvalue weighted by molar-refractivity contribution is -0.144. The number of rotatable bonds is 3. The smallest absolute Gasteiger partial charge is 0.368 e. The topological polar surface area (TPSA) is 75.9 Å². The van der Waals surface area contributed by atoms with Gasteiger partial charge in [-0.15, -0.1) is 0 Å². The maximum Gasteiger partial charge on any atom is 0.451 e. The summed E-state index contributed by atoms with van der Waals surface area (Å²) in [5.41, 5.74) is 2.06. The molecule has 0 aromatic carbocycles. The molecule has 0 bridgehead atoms. The Morgan fingerprint density at radius 1 is 1.25 bits per heavy atom. The Bertz CT molecular complexity index is 363. The van der Waals surface area contributed by atoms with Crippen molar-refractivity contribution in [2.24, 2.45) is 5.84 Å². The van der Waals surface area contributed by atoms with Gasteiger partial charge >= 0.3 is 6.18 Å². The minimum absolute atomic E-state index is 0.0402. The number of aromatic nitrogens is 2. The van der Waals surface area contributed by atoms with E-state index in [1.807, 2.05) is 0 Å². The fourth-order valence-electron chi connectivity index (χ4n) is 1.02. The summed E-state index contributed by atoms with van der Waals surface area (Å²) in [6, 6.07) is 1.26. The zero-order valence-corrected chi connectivity index (χ0v) is 8.76. The number of nitrogens with one attached hydrogen (secondary N) is 2. The Morgan fingerprint density at radius 2 is 1.81 bits per heavy atom. The van der Waals surface area contributed by atoms with Gasteiger partial charge in [0, 0.05) is 12.1 Å². The summed E-state index contributed by atoms with van der Waals surface area (Å²) in [5, 5.41) is 2.75. The molecule has 4 N–H and O–H groups in total. The molecule has 16 heavy (non-hydrogen) atoms. The monoisotopic (exact) mass is 235 g/mol. The Hall–Kier alpha value is -1.57. The molecular weight excluding hydrogens is 223 g/mol. The van der Waals surface area contributed by atoms with Crippen molar-refractivity contribution in [1.29, 1.82) is 0 Å². The van der Waals surface area contributed by atoms with Gasteiger partial charge in [0.25, 0.3) is 0 Å². The second-order valence-electron chi connectivity index (χ2n) is 3.40. The molecule has 0 aliphatic heterocycles. The Balaban J connectivity index is 3.11. The van der Waals surface area contributed by atoms with E-state index < -0.39 is 12.0 Å². The summed E-state index contributed by atoms with van der Waals surface area (Å²) in [6.45, 7) is 3.57. The van der Waals surface area contributed by atoms with Crippen LogP contribution in [-0.4, -0.2) is 16.0 Å². The number of nitrogens with zero attached hydrogens (tertiary/aromatic N) is 2. The molecule has 1 rings (SSSR count). The van der Waals surface area contributed by atoms with Crippen LogP contribution in [0.3, 0.4) is 0 Å². The molecule has 0 radical (unpaired) electrons.